The molecule has 0 spiro atoms. The number of fused-ring (bicyclic) bond motifs is 1. The van der Waals surface area contributed by atoms with Crippen molar-refractivity contribution >= 4 is 34.3 Å². The van der Waals surface area contributed by atoms with Crippen molar-refractivity contribution in [1.29, 1.82) is 0 Å². The minimum absolute atomic E-state index is 0.244. The topological polar surface area (TPSA) is 42.1 Å². The SMILES string of the molecule is CCOC(=O)/C(=C/c1cccs1)Cc1c[nH]c2c(CC)cccc12. The molecule has 0 atom stereocenters. The van der Waals surface area contributed by atoms with E-state index < -0.39 is 0 Å². The number of para-hydroxylation sites is 1. The zero-order valence-corrected chi connectivity index (χ0v) is 14.8. The lowest BCUT2D eigenvalue weighted by Crippen LogP contribution is -2.09. The molecule has 0 amide bonds. The highest BCUT2D eigenvalue weighted by atomic mass is 32.1. The first-order chi connectivity index (χ1) is 11.7. The van der Waals surface area contributed by atoms with Gasteiger partial charge in [-0.25, -0.2) is 4.79 Å². The fourth-order valence-electron chi connectivity index (χ4n) is 2.87. The third-order valence-electron chi connectivity index (χ3n) is 4.05. The molecule has 3 aromatic rings. The highest BCUT2D eigenvalue weighted by Gasteiger charge is 2.15. The average Bonchev–Trinajstić information content (AvgIpc) is 3.24. The van der Waals surface area contributed by atoms with Gasteiger partial charge in [0.05, 0.1) is 6.61 Å². The molecule has 0 aliphatic rings. The average molecular weight is 339 g/mol. The number of ether oxygens (including phenoxy) is 1. The lowest BCUT2D eigenvalue weighted by atomic mass is 10.0. The quantitative estimate of drug-likeness (QED) is 0.508. The van der Waals surface area contributed by atoms with Crippen LogP contribution >= 0.6 is 11.3 Å². The van der Waals surface area contributed by atoms with E-state index >= 15 is 0 Å². The Morgan fingerprint density at radius 3 is 2.79 bits per heavy atom. The molecule has 0 aliphatic carbocycles. The Balaban J connectivity index is 1.97. The van der Waals surface area contributed by atoms with Crippen molar-refractivity contribution in [2.24, 2.45) is 0 Å². The number of esters is 1. The first kappa shape index (κ1) is 16.5. The molecule has 3 rings (SSSR count). The molecule has 1 aromatic carbocycles. The van der Waals surface area contributed by atoms with Gasteiger partial charge in [-0.15, -0.1) is 11.3 Å². The third kappa shape index (κ3) is 3.44. The number of carbonyl (C=O) groups excluding carboxylic acids is 1. The molecule has 0 radical (unpaired) electrons. The van der Waals surface area contributed by atoms with Crippen molar-refractivity contribution in [2.75, 3.05) is 6.61 Å². The highest BCUT2D eigenvalue weighted by molar-refractivity contribution is 7.10. The van der Waals surface area contributed by atoms with E-state index in [4.69, 9.17) is 4.74 Å². The van der Waals surface area contributed by atoms with E-state index in [0.29, 0.717) is 18.6 Å². The van der Waals surface area contributed by atoms with Gasteiger partial charge in [0.25, 0.3) is 0 Å². The standard InChI is InChI=1S/C20H21NO2S/c1-3-14-7-5-9-18-16(13-21-19(14)18)11-15(20(22)23-4-2)12-17-8-6-10-24-17/h5-10,12-13,21H,3-4,11H2,1-2H3/b15-12+. The van der Waals surface area contributed by atoms with Crippen LogP contribution in [0.1, 0.15) is 29.9 Å². The van der Waals surface area contributed by atoms with Gasteiger partial charge in [-0.3, -0.25) is 0 Å². The molecule has 0 saturated heterocycles. The maximum atomic E-state index is 12.4. The number of rotatable bonds is 6. The Morgan fingerprint density at radius 2 is 2.08 bits per heavy atom. The minimum atomic E-state index is -0.244. The van der Waals surface area contributed by atoms with E-state index in [2.05, 4.69) is 30.1 Å². The number of carbonyl (C=O) groups is 1. The largest absolute Gasteiger partial charge is 0.463 e. The van der Waals surface area contributed by atoms with E-state index in [1.165, 1.54) is 10.9 Å². The maximum Gasteiger partial charge on any atom is 0.334 e. The van der Waals surface area contributed by atoms with Gasteiger partial charge < -0.3 is 9.72 Å². The first-order valence-corrected chi connectivity index (χ1v) is 9.10. The first-order valence-electron chi connectivity index (χ1n) is 8.22. The number of aromatic amines is 1. The predicted octanol–water partition coefficient (Wildman–Crippen LogP) is 4.98. The number of aryl methyl sites for hydroxylation is 1. The molecule has 3 nitrogen and oxygen atoms in total. The summed E-state index contributed by atoms with van der Waals surface area (Å²) in [6, 6.07) is 10.3. The summed E-state index contributed by atoms with van der Waals surface area (Å²) in [4.78, 5) is 16.8. The number of nitrogens with one attached hydrogen (secondary N) is 1. The number of thiophene rings is 1. The normalized spacial score (nSPS) is 11.8. The van der Waals surface area contributed by atoms with E-state index in [9.17, 15) is 4.79 Å². The van der Waals surface area contributed by atoms with Crippen molar-refractivity contribution < 1.29 is 9.53 Å². The van der Waals surface area contributed by atoms with Crippen LogP contribution in [-0.2, 0) is 22.4 Å². The summed E-state index contributed by atoms with van der Waals surface area (Å²) in [6.07, 6.45) is 5.48. The maximum absolute atomic E-state index is 12.4. The Kier molecular flexibility index (Phi) is 5.16. The molecule has 2 aromatic heterocycles. The Labute approximate surface area is 146 Å². The van der Waals surface area contributed by atoms with Crippen LogP contribution in [0, 0.1) is 0 Å². The fraction of sp³-hybridized carbons (Fsp3) is 0.250. The van der Waals surface area contributed by atoms with Gasteiger partial charge >= 0.3 is 5.97 Å². The van der Waals surface area contributed by atoms with Gasteiger partial charge in [0.2, 0.25) is 0 Å². The zero-order valence-electron chi connectivity index (χ0n) is 14.0. The molecule has 1 N–H and O–H groups in total. The second-order valence-corrected chi connectivity index (χ2v) is 6.57. The van der Waals surface area contributed by atoms with Gasteiger partial charge in [0, 0.05) is 34.0 Å². The molecule has 0 unspecified atom stereocenters. The van der Waals surface area contributed by atoms with E-state index in [0.717, 1.165) is 22.4 Å². The van der Waals surface area contributed by atoms with Crippen LogP contribution in [0.4, 0.5) is 0 Å². The summed E-state index contributed by atoms with van der Waals surface area (Å²) >= 11 is 1.62. The summed E-state index contributed by atoms with van der Waals surface area (Å²) < 4.78 is 5.25. The van der Waals surface area contributed by atoms with E-state index in [1.807, 2.05) is 36.7 Å². The second kappa shape index (κ2) is 7.49. The molecule has 124 valence electrons. The smallest absolute Gasteiger partial charge is 0.334 e. The van der Waals surface area contributed by atoms with Crippen molar-refractivity contribution in [3.8, 4) is 0 Å². The monoisotopic (exact) mass is 339 g/mol. The number of benzene rings is 1. The number of hydrogen-bond acceptors (Lipinski definition) is 3. The Morgan fingerprint density at radius 1 is 1.21 bits per heavy atom. The molecule has 2 heterocycles. The molecular formula is C20H21NO2S. The van der Waals surface area contributed by atoms with Gasteiger partial charge in [-0.2, -0.15) is 0 Å². The summed E-state index contributed by atoms with van der Waals surface area (Å²) in [5.74, 6) is -0.244. The van der Waals surface area contributed by atoms with Crippen LogP contribution in [0.15, 0.2) is 47.5 Å². The summed E-state index contributed by atoms with van der Waals surface area (Å²) in [5, 5.41) is 3.18. The molecule has 24 heavy (non-hydrogen) atoms. The lowest BCUT2D eigenvalue weighted by Gasteiger charge is -2.07. The summed E-state index contributed by atoms with van der Waals surface area (Å²) in [7, 11) is 0. The summed E-state index contributed by atoms with van der Waals surface area (Å²) in [5.41, 5.74) is 4.26. The van der Waals surface area contributed by atoms with Crippen molar-refractivity contribution in [2.45, 2.75) is 26.7 Å². The fourth-order valence-corrected chi connectivity index (χ4v) is 3.55. The van der Waals surface area contributed by atoms with Crippen LogP contribution < -0.4 is 0 Å². The summed E-state index contributed by atoms with van der Waals surface area (Å²) in [6.45, 7) is 4.37. The number of H-pyrrole nitrogens is 1. The third-order valence-corrected chi connectivity index (χ3v) is 4.87. The van der Waals surface area contributed by atoms with Gasteiger partial charge in [-0.05, 0) is 42.0 Å². The predicted molar refractivity (Wildman–Crippen MR) is 100 cm³/mol. The molecular weight excluding hydrogens is 318 g/mol. The van der Waals surface area contributed by atoms with E-state index in [1.54, 1.807) is 11.3 Å². The number of hydrogen-bond donors (Lipinski definition) is 1. The zero-order chi connectivity index (χ0) is 16.9. The molecule has 0 saturated carbocycles. The van der Waals surface area contributed by atoms with Crippen LogP contribution in [0.3, 0.4) is 0 Å². The Bertz CT molecular complexity index is 859. The van der Waals surface area contributed by atoms with Crippen LogP contribution in [0.2, 0.25) is 0 Å². The highest BCUT2D eigenvalue weighted by Crippen LogP contribution is 2.26. The van der Waals surface area contributed by atoms with Gasteiger partial charge in [0.1, 0.15) is 0 Å². The van der Waals surface area contributed by atoms with Crippen molar-refractivity contribution in [3.05, 3.63) is 63.5 Å². The van der Waals surface area contributed by atoms with Crippen LogP contribution in [0.5, 0.6) is 0 Å². The van der Waals surface area contributed by atoms with Gasteiger partial charge in [0.15, 0.2) is 0 Å². The van der Waals surface area contributed by atoms with Crippen LogP contribution in [-0.4, -0.2) is 17.6 Å². The molecule has 0 aliphatic heterocycles. The van der Waals surface area contributed by atoms with Crippen molar-refractivity contribution in [3.63, 3.8) is 0 Å². The molecule has 0 bridgehead atoms. The molecule has 0 fully saturated rings. The lowest BCUT2D eigenvalue weighted by molar-refractivity contribution is -0.138. The number of aromatic nitrogens is 1. The van der Waals surface area contributed by atoms with Gasteiger partial charge in [-0.1, -0.05) is 31.2 Å². The van der Waals surface area contributed by atoms with E-state index in [-0.39, 0.29) is 5.97 Å². The minimum Gasteiger partial charge on any atom is -0.463 e. The van der Waals surface area contributed by atoms with Crippen LogP contribution in [0.25, 0.3) is 17.0 Å². The Hall–Kier alpha value is -2.33. The van der Waals surface area contributed by atoms with Crippen molar-refractivity contribution in [1.82, 2.24) is 4.98 Å². The molecule has 4 heteroatoms. The second-order valence-electron chi connectivity index (χ2n) is 5.59.